The molecule has 35 heavy (non-hydrogen) atoms. The number of piperidine rings is 1. The number of likely N-dealkylation sites (N-methyl/N-ethyl adjacent to an activating group) is 1. The predicted octanol–water partition coefficient (Wildman–Crippen LogP) is 4.86. The molecule has 2 aromatic rings. The number of amides is 1. The van der Waals surface area contributed by atoms with Crippen molar-refractivity contribution in [3.8, 4) is 5.75 Å². The lowest BCUT2D eigenvalue weighted by Crippen LogP contribution is -2.52. The molecule has 7 heteroatoms. The first kappa shape index (κ1) is 26.1. The number of carbonyl (C=O) groups is 1. The number of nitrogens with zero attached hydrogens (tertiary/aromatic N) is 4. The molecule has 0 saturated carbocycles. The van der Waals surface area contributed by atoms with Crippen LogP contribution in [0.15, 0.2) is 36.5 Å². The molecule has 1 aromatic heterocycles. The van der Waals surface area contributed by atoms with Crippen LogP contribution in [0, 0.1) is 12.3 Å². The van der Waals surface area contributed by atoms with E-state index in [1.54, 1.807) is 0 Å². The Balaban J connectivity index is 1.50. The average Bonchev–Trinajstić information content (AvgIpc) is 3.29. The molecule has 192 valence electrons. The van der Waals surface area contributed by atoms with Crippen molar-refractivity contribution in [3.63, 3.8) is 0 Å². The summed E-state index contributed by atoms with van der Waals surface area (Å²) in [6, 6.07) is 10.6. The summed E-state index contributed by atoms with van der Waals surface area (Å²) in [6.45, 7) is 13.3. The zero-order valence-electron chi connectivity index (χ0n) is 21.8. The Morgan fingerprint density at radius 2 is 1.91 bits per heavy atom. The number of hydrogen-bond acceptors (Lipinski definition) is 4. The van der Waals surface area contributed by atoms with Crippen molar-refractivity contribution in [2.24, 2.45) is 5.41 Å². The predicted molar refractivity (Wildman–Crippen MR) is 142 cm³/mol. The van der Waals surface area contributed by atoms with Crippen molar-refractivity contribution < 1.29 is 9.53 Å². The van der Waals surface area contributed by atoms with E-state index in [1.165, 1.54) is 5.69 Å². The van der Waals surface area contributed by atoms with Crippen LogP contribution < -0.4 is 4.74 Å². The Hall–Kier alpha value is -2.02. The monoisotopic (exact) mass is 500 g/mol. The van der Waals surface area contributed by atoms with Crippen LogP contribution in [0.2, 0.25) is 5.02 Å². The van der Waals surface area contributed by atoms with Gasteiger partial charge in [0.15, 0.2) is 0 Å². The molecule has 2 fully saturated rings. The van der Waals surface area contributed by atoms with Gasteiger partial charge in [-0.2, -0.15) is 0 Å². The number of ether oxygens (including phenoxy) is 1. The lowest BCUT2D eigenvalue weighted by atomic mass is 9.77. The molecule has 2 aliphatic rings. The van der Waals surface area contributed by atoms with E-state index in [0.717, 1.165) is 75.0 Å². The number of likely N-dealkylation sites (tertiary alicyclic amines) is 1. The lowest BCUT2D eigenvalue weighted by Gasteiger charge is -2.44. The molecule has 0 bridgehead atoms. The lowest BCUT2D eigenvalue weighted by molar-refractivity contribution is -0.137. The smallest absolute Gasteiger partial charge is 0.223 e. The van der Waals surface area contributed by atoms with Gasteiger partial charge in [0.05, 0.1) is 6.61 Å². The van der Waals surface area contributed by atoms with Crippen LogP contribution in [0.3, 0.4) is 0 Å². The van der Waals surface area contributed by atoms with E-state index in [2.05, 4.69) is 58.5 Å². The standard InChI is InChI=1S/C28H41ClN4O2/c1-22(2)33-12-5-7-24(33)19-31-11-6-10-28(20-31,18-27(34)32-15-13-30(4)14-16-32)21-35-25-8-9-26(29)23(3)17-25/h5,7-9,12,17,22H,6,10-11,13-16,18-21H2,1-4H3. The van der Waals surface area contributed by atoms with Gasteiger partial charge in [0.1, 0.15) is 5.75 Å². The second-order valence-corrected chi connectivity index (χ2v) is 11.3. The highest BCUT2D eigenvalue weighted by molar-refractivity contribution is 6.31. The van der Waals surface area contributed by atoms with Crippen molar-refractivity contribution in [1.82, 2.24) is 19.3 Å². The van der Waals surface area contributed by atoms with Gasteiger partial charge in [-0.3, -0.25) is 9.69 Å². The minimum absolute atomic E-state index is 0.207. The largest absolute Gasteiger partial charge is 0.493 e. The molecule has 4 rings (SSSR count). The third kappa shape index (κ3) is 6.60. The number of hydrogen-bond donors (Lipinski definition) is 0. The van der Waals surface area contributed by atoms with Crippen LogP contribution in [-0.2, 0) is 11.3 Å². The van der Waals surface area contributed by atoms with Crippen molar-refractivity contribution in [1.29, 1.82) is 0 Å². The number of benzene rings is 1. The van der Waals surface area contributed by atoms with Gasteiger partial charge in [-0.15, -0.1) is 0 Å². The summed E-state index contributed by atoms with van der Waals surface area (Å²) in [4.78, 5) is 20.3. The third-order valence-electron chi connectivity index (χ3n) is 7.61. The maximum absolute atomic E-state index is 13.5. The number of halogens is 1. The maximum Gasteiger partial charge on any atom is 0.223 e. The first-order valence-electron chi connectivity index (χ1n) is 13.0. The Labute approximate surface area is 215 Å². The molecule has 3 heterocycles. The minimum atomic E-state index is -0.207. The Morgan fingerprint density at radius 1 is 1.14 bits per heavy atom. The zero-order chi connectivity index (χ0) is 25.0. The summed E-state index contributed by atoms with van der Waals surface area (Å²) < 4.78 is 8.71. The Kier molecular flexibility index (Phi) is 8.46. The van der Waals surface area contributed by atoms with Gasteiger partial charge >= 0.3 is 0 Å². The molecule has 2 saturated heterocycles. The number of carbonyl (C=O) groups excluding carboxylic acids is 1. The first-order chi connectivity index (χ1) is 16.7. The number of rotatable bonds is 8. The Morgan fingerprint density at radius 3 is 2.63 bits per heavy atom. The van der Waals surface area contributed by atoms with E-state index in [4.69, 9.17) is 16.3 Å². The highest BCUT2D eigenvalue weighted by Crippen LogP contribution is 2.36. The highest BCUT2D eigenvalue weighted by atomic mass is 35.5. The van der Waals surface area contributed by atoms with E-state index in [1.807, 2.05) is 25.1 Å². The van der Waals surface area contributed by atoms with E-state index in [9.17, 15) is 4.79 Å². The van der Waals surface area contributed by atoms with Crippen LogP contribution in [0.25, 0.3) is 0 Å². The molecule has 1 amide bonds. The summed E-state index contributed by atoms with van der Waals surface area (Å²) in [7, 11) is 2.12. The van der Waals surface area contributed by atoms with E-state index < -0.39 is 0 Å². The van der Waals surface area contributed by atoms with Crippen LogP contribution in [-0.4, -0.2) is 78.1 Å². The van der Waals surface area contributed by atoms with Crippen LogP contribution in [0.5, 0.6) is 5.75 Å². The maximum atomic E-state index is 13.5. The van der Waals surface area contributed by atoms with Crippen LogP contribution in [0.1, 0.15) is 50.4 Å². The second kappa shape index (κ2) is 11.4. The molecule has 0 spiro atoms. The molecule has 1 unspecified atom stereocenters. The van der Waals surface area contributed by atoms with Crippen molar-refractivity contribution in [3.05, 3.63) is 52.8 Å². The van der Waals surface area contributed by atoms with Gasteiger partial charge in [0, 0.05) is 74.1 Å². The molecule has 0 radical (unpaired) electrons. The van der Waals surface area contributed by atoms with Crippen LogP contribution >= 0.6 is 11.6 Å². The number of piperazine rings is 1. The second-order valence-electron chi connectivity index (χ2n) is 10.9. The quantitative estimate of drug-likeness (QED) is 0.519. The molecular weight excluding hydrogens is 460 g/mol. The molecule has 1 atom stereocenters. The molecule has 1 aromatic carbocycles. The fourth-order valence-electron chi connectivity index (χ4n) is 5.49. The SMILES string of the molecule is Cc1cc(OCC2(CC(=O)N3CCN(C)CC3)CCCN(Cc3cccn3C(C)C)C2)ccc1Cl. The fourth-order valence-corrected chi connectivity index (χ4v) is 5.60. The zero-order valence-corrected chi connectivity index (χ0v) is 22.6. The van der Waals surface area contributed by atoms with Gasteiger partial charge in [-0.05, 0) is 83.1 Å². The molecular formula is C28H41ClN4O2. The topological polar surface area (TPSA) is 41.0 Å². The first-order valence-corrected chi connectivity index (χ1v) is 13.4. The van der Waals surface area contributed by atoms with Gasteiger partial charge < -0.3 is 19.1 Å². The highest BCUT2D eigenvalue weighted by Gasteiger charge is 2.40. The normalized spacial score (nSPS) is 22.1. The summed E-state index contributed by atoms with van der Waals surface area (Å²) in [5, 5.41) is 0.745. The van der Waals surface area contributed by atoms with E-state index >= 15 is 0 Å². The summed E-state index contributed by atoms with van der Waals surface area (Å²) in [5.74, 6) is 1.09. The van der Waals surface area contributed by atoms with Crippen molar-refractivity contribution >= 4 is 17.5 Å². The molecule has 0 aliphatic carbocycles. The van der Waals surface area contributed by atoms with Gasteiger partial charge in [0.25, 0.3) is 0 Å². The van der Waals surface area contributed by atoms with Gasteiger partial charge in [0.2, 0.25) is 5.91 Å². The van der Waals surface area contributed by atoms with Gasteiger partial charge in [-0.1, -0.05) is 11.6 Å². The Bertz CT molecular complexity index is 999. The minimum Gasteiger partial charge on any atom is -0.493 e. The van der Waals surface area contributed by atoms with Crippen molar-refractivity contribution in [2.45, 2.75) is 52.6 Å². The summed E-state index contributed by atoms with van der Waals surface area (Å²) in [6.07, 6.45) is 4.77. The van der Waals surface area contributed by atoms with E-state index in [-0.39, 0.29) is 11.3 Å². The molecule has 0 N–H and O–H groups in total. The van der Waals surface area contributed by atoms with Crippen molar-refractivity contribution in [2.75, 3.05) is 52.9 Å². The molecule has 2 aliphatic heterocycles. The number of aromatic nitrogens is 1. The van der Waals surface area contributed by atoms with Gasteiger partial charge in [-0.25, -0.2) is 0 Å². The average molecular weight is 501 g/mol. The van der Waals surface area contributed by atoms with E-state index in [0.29, 0.717) is 19.1 Å². The number of aryl methyl sites for hydroxylation is 1. The fraction of sp³-hybridized carbons (Fsp3) is 0.607. The molecule has 6 nitrogen and oxygen atoms in total. The summed E-state index contributed by atoms with van der Waals surface area (Å²) >= 11 is 6.23. The van der Waals surface area contributed by atoms with Crippen LogP contribution in [0.4, 0.5) is 0 Å². The third-order valence-corrected chi connectivity index (χ3v) is 8.03. The summed E-state index contributed by atoms with van der Waals surface area (Å²) in [5.41, 5.74) is 2.13.